The van der Waals surface area contributed by atoms with Crippen molar-refractivity contribution < 1.29 is 41.0 Å². The van der Waals surface area contributed by atoms with E-state index in [1.54, 1.807) is 4.57 Å². The molecular formula is C21H27F6N5O3. The number of aromatic nitrogens is 2. The van der Waals surface area contributed by atoms with E-state index in [2.05, 4.69) is 9.88 Å². The summed E-state index contributed by atoms with van der Waals surface area (Å²) in [5.74, 6) is -6.25. The maximum absolute atomic E-state index is 13.7. The number of imidazole rings is 1. The number of nitrogens with zero attached hydrogens (tertiary/aromatic N) is 5. The van der Waals surface area contributed by atoms with Crippen LogP contribution in [0.2, 0.25) is 0 Å². The molecule has 1 saturated heterocycles. The normalized spacial score (nSPS) is 26.1. The number of hydrogen-bond acceptors (Lipinski definition) is 4. The Labute approximate surface area is 197 Å². The molecule has 2 fully saturated rings. The van der Waals surface area contributed by atoms with E-state index in [4.69, 9.17) is 0 Å². The number of carbonyl (C=O) groups is 2. The van der Waals surface area contributed by atoms with Gasteiger partial charge in [-0.2, -0.15) is 26.3 Å². The quantitative estimate of drug-likeness (QED) is 0.627. The summed E-state index contributed by atoms with van der Waals surface area (Å²) in [5, 5.41) is 9.26. The average molecular weight is 511 g/mol. The number of carbonyl (C=O) groups excluding carboxylic acids is 1. The second kappa shape index (κ2) is 8.56. The second-order valence-electron chi connectivity index (χ2n) is 9.80. The number of likely N-dealkylation sites (tertiary alicyclic amines) is 1. The molecule has 0 bridgehead atoms. The highest BCUT2D eigenvalue weighted by Crippen LogP contribution is 2.50. The number of alkyl halides is 6. The van der Waals surface area contributed by atoms with Gasteiger partial charge in [0, 0.05) is 56.9 Å². The number of amides is 2. The van der Waals surface area contributed by atoms with E-state index in [0.29, 0.717) is 29.9 Å². The SMILES string of the molecule is CN(C(=O)c1cn2c(n1)CN(C1CC1)CC2)C1(C)CCN(C(=O)O)CC1C(C(F)(F)F)C(F)(F)F. The Morgan fingerprint density at radius 2 is 1.77 bits per heavy atom. The molecule has 35 heavy (non-hydrogen) atoms. The molecule has 3 heterocycles. The summed E-state index contributed by atoms with van der Waals surface area (Å²) in [4.78, 5) is 32.7. The van der Waals surface area contributed by atoms with Crippen molar-refractivity contribution in [3.63, 3.8) is 0 Å². The van der Waals surface area contributed by atoms with Gasteiger partial charge in [-0.05, 0) is 26.2 Å². The van der Waals surface area contributed by atoms with Crippen LogP contribution in [0, 0.1) is 11.8 Å². The summed E-state index contributed by atoms with van der Waals surface area (Å²) >= 11 is 0. The minimum atomic E-state index is -5.69. The van der Waals surface area contributed by atoms with Gasteiger partial charge in [-0.3, -0.25) is 9.69 Å². The van der Waals surface area contributed by atoms with Crippen molar-refractivity contribution in [1.82, 2.24) is 24.3 Å². The lowest BCUT2D eigenvalue weighted by molar-refractivity contribution is -0.310. The molecule has 196 valence electrons. The molecule has 4 rings (SSSR count). The van der Waals surface area contributed by atoms with Crippen molar-refractivity contribution in [3.8, 4) is 0 Å². The zero-order valence-corrected chi connectivity index (χ0v) is 19.2. The minimum Gasteiger partial charge on any atom is -0.465 e. The van der Waals surface area contributed by atoms with Crippen LogP contribution in [0.3, 0.4) is 0 Å². The number of fused-ring (bicyclic) bond motifs is 1. The van der Waals surface area contributed by atoms with E-state index >= 15 is 0 Å². The van der Waals surface area contributed by atoms with Crippen LogP contribution in [0.15, 0.2) is 6.20 Å². The van der Waals surface area contributed by atoms with Crippen LogP contribution in [-0.2, 0) is 13.1 Å². The van der Waals surface area contributed by atoms with Crippen LogP contribution in [0.5, 0.6) is 0 Å². The summed E-state index contributed by atoms with van der Waals surface area (Å²) in [5.41, 5.74) is -1.99. The third kappa shape index (κ3) is 4.81. The van der Waals surface area contributed by atoms with Crippen molar-refractivity contribution in [2.75, 3.05) is 26.7 Å². The van der Waals surface area contributed by atoms with Crippen LogP contribution >= 0.6 is 0 Å². The van der Waals surface area contributed by atoms with Crippen molar-refractivity contribution in [2.24, 2.45) is 11.8 Å². The van der Waals surface area contributed by atoms with Crippen molar-refractivity contribution in [3.05, 3.63) is 17.7 Å². The highest BCUT2D eigenvalue weighted by atomic mass is 19.4. The van der Waals surface area contributed by atoms with Crippen LogP contribution in [-0.4, -0.2) is 92.0 Å². The molecule has 2 unspecified atom stereocenters. The monoisotopic (exact) mass is 511 g/mol. The molecular weight excluding hydrogens is 484 g/mol. The number of piperidine rings is 1. The first-order valence-corrected chi connectivity index (χ1v) is 11.3. The third-order valence-electron chi connectivity index (χ3n) is 7.67. The first-order chi connectivity index (χ1) is 16.1. The molecule has 1 aromatic heterocycles. The summed E-state index contributed by atoms with van der Waals surface area (Å²) in [6.45, 7) is 1.69. The van der Waals surface area contributed by atoms with Gasteiger partial charge < -0.3 is 19.5 Å². The van der Waals surface area contributed by atoms with E-state index in [1.165, 1.54) is 6.20 Å². The number of carboxylic acid groups (broad SMARTS) is 1. The highest BCUT2D eigenvalue weighted by molar-refractivity contribution is 5.92. The second-order valence-corrected chi connectivity index (χ2v) is 9.80. The van der Waals surface area contributed by atoms with Gasteiger partial charge in [0.15, 0.2) is 5.92 Å². The zero-order chi connectivity index (χ0) is 25.9. The molecule has 2 atom stereocenters. The van der Waals surface area contributed by atoms with Crippen LogP contribution in [0.25, 0.3) is 0 Å². The maximum atomic E-state index is 13.7. The fourth-order valence-electron chi connectivity index (χ4n) is 5.30. The number of halogens is 6. The highest BCUT2D eigenvalue weighted by Gasteiger charge is 2.65. The lowest BCUT2D eigenvalue weighted by Crippen LogP contribution is -2.65. The molecule has 1 aliphatic carbocycles. The van der Waals surface area contributed by atoms with E-state index < -0.39 is 54.7 Å². The first kappa shape index (κ1) is 25.6. The summed E-state index contributed by atoms with van der Waals surface area (Å²) in [6, 6.07) is 0.475. The Balaban J connectivity index is 1.65. The summed E-state index contributed by atoms with van der Waals surface area (Å²) < 4.78 is 84.0. The fraction of sp³-hybridized carbons (Fsp3) is 0.762. The predicted octanol–water partition coefficient (Wildman–Crippen LogP) is 3.43. The number of hydrogen-bond donors (Lipinski definition) is 1. The molecule has 1 N–H and O–H groups in total. The molecule has 14 heteroatoms. The van der Waals surface area contributed by atoms with E-state index in [-0.39, 0.29) is 12.2 Å². The zero-order valence-electron chi connectivity index (χ0n) is 19.2. The average Bonchev–Trinajstić information content (AvgIpc) is 3.50. The topological polar surface area (TPSA) is 81.9 Å². The minimum absolute atomic E-state index is 0.0589. The molecule has 8 nitrogen and oxygen atoms in total. The Bertz CT molecular complexity index is 977. The molecule has 0 radical (unpaired) electrons. The Kier molecular flexibility index (Phi) is 6.25. The standard InChI is InChI=1S/C21H27F6N5O3/c1-19(5-6-32(18(34)35)9-13(19)16(20(22,23)24)21(25,26)27)29(2)17(33)14-10-31-8-7-30(12-3-4-12)11-15(31)28-14/h10,12-13,16H,3-9,11H2,1-2H3,(H,34,35). The van der Waals surface area contributed by atoms with Gasteiger partial charge in [0.2, 0.25) is 0 Å². The van der Waals surface area contributed by atoms with Gasteiger partial charge in [-0.15, -0.1) is 0 Å². The summed E-state index contributed by atoms with van der Waals surface area (Å²) in [6.07, 6.45) is -9.73. The Hall–Kier alpha value is -2.51. The van der Waals surface area contributed by atoms with Crippen LogP contribution in [0.4, 0.5) is 31.1 Å². The van der Waals surface area contributed by atoms with E-state index in [1.807, 2.05) is 0 Å². The Morgan fingerprint density at radius 3 is 2.31 bits per heavy atom. The predicted molar refractivity (Wildman–Crippen MR) is 109 cm³/mol. The summed E-state index contributed by atoms with van der Waals surface area (Å²) in [7, 11) is 1.16. The third-order valence-corrected chi connectivity index (χ3v) is 7.67. The van der Waals surface area contributed by atoms with Gasteiger partial charge in [0.05, 0.1) is 6.54 Å². The molecule has 1 saturated carbocycles. The lowest BCUT2D eigenvalue weighted by Gasteiger charge is -2.52. The smallest absolute Gasteiger partial charge is 0.407 e. The van der Waals surface area contributed by atoms with E-state index in [0.717, 1.165) is 38.3 Å². The maximum Gasteiger partial charge on any atom is 0.407 e. The molecule has 2 amide bonds. The lowest BCUT2D eigenvalue weighted by atomic mass is 9.70. The molecule has 0 spiro atoms. The van der Waals surface area contributed by atoms with Crippen molar-refractivity contribution in [2.45, 2.75) is 63.2 Å². The van der Waals surface area contributed by atoms with Gasteiger partial charge in [-0.1, -0.05) is 0 Å². The van der Waals surface area contributed by atoms with Gasteiger partial charge >= 0.3 is 18.4 Å². The molecule has 0 aromatic carbocycles. The first-order valence-electron chi connectivity index (χ1n) is 11.3. The van der Waals surface area contributed by atoms with Gasteiger partial charge in [0.25, 0.3) is 5.91 Å². The molecule has 1 aromatic rings. The van der Waals surface area contributed by atoms with Crippen molar-refractivity contribution >= 4 is 12.0 Å². The van der Waals surface area contributed by atoms with Crippen LogP contribution in [0.1, 0.15) is 42.5 Å². The molecule has 2 aliphatic heterocycles. The molecule has 3 aliphatic rings. The van der Waals surface area contributed by atoms with Gasteiger partial charge in [-0.25, -0.2) is 9.78 Å². The number of rotatable bonds is 4. The van der Waals surface area contributed by atoms with E-state index in [9.17, 15) is 41.0 Å². The van der Waals surface area contributed by atoms with Gasteiger partial charge in [0.1, 0.15) is 11.5 Å². The van der Waals surface area contributed by atoms with Crippen LogP contribution < -0.4 is 0 Å². The fourth-order valence-corrected chi connectivity index (χ4v) is 5.30. The largest absolute Gasteiger partial charge is 0.465 e. The van der Waals surface area contributed by atoms with Crippen molar-refractivity contribution in [1.29, 1.82) is 0 Å². The Morgan fingerprint density at radius 1 is 1.14 bits per heavy atom.